The second kappa shape index (κ2) is 11.4. The molecule has 1 heterocycles. The Morgan fingerprint density at radius 3 is 2.21 bits per heavy atom. The van der Waals surface area contributed by atoms with Crippen molar-refractivity contribution >= 4 is 23.7 Å². The molecule has 2 rings (SSSR count). The number of Topliss-reactive ketones (excluding diaryl/α,β-unsaturated/α-hetero) is 1. The predicted octanol–water partition coefficient (Wildman–Crippen LogP) is 2.55. The van der Waals surface area contributed by atoms with Crippen molar-refractivity contribution in [2.45, 2.75) is 65.1 Å². The molecule has 34 heavy (non-hydrogen) atoms. The largest absolute Gasteiger partial charge is 0.463 e. The Kier molecular flexibility index (Phi) is 9.12. The summed E-state index contributed by atoms with van der Waals surface area (Å²) in [5.41, 5.74) is -2.30. The molecule has 2 unspecified atom stereocenters. The summed E-state index contributed by atoms with van der Waals surface area (Å²) in [4.78, 5) is 49.1. The summed E-state index contributed by atoms with van der Waals surface area (Å²) in [6.45, 7) is 10.6. The molecule has 0 amide bonds. The van der Waals surface area contributed by atoms with Gasteiger partial charge in [0.25, 0.3) is 0 Å². The number of carbonyl (C=O) groups excluding carboxylic acids is 4. The molecule has 0 radical (unpaired) electrons. The predicted molar refractivity (Wildman–Crippen MR) is 120 cm³/mol. The first-order valence-electron chi connectivity index (χ1n) is 11.0. The second-order valence-electron chi connectivity index (χ2n) is 8.28. The van der Waals surface area contributed by atoms with Crippen LogP contribution in [0.1, 0.15) is 40.2 Å². The van der Waals surface area contributed by atoms with E-state index in [1.54, 1.807) is 38.1 Å². The molecule has 1 aliphatic rings. The lowest BCUT2D eigenvalue weighted by molar-refractivity contribution is -0.201. The minimum Gasteiger partial charge on any atom is -0.463 e. The monoisotopic (exact) mass is 476 g/mol. The normalized spacial score (nSPS) is 25.6. The van der Waals surface area contributed by atoms with E-state index in [1.165, 1.54) is 26.8 Å². The van der Waals surface area contributed by atoms with Crippen LogP contribution in [0, 0.1) is 5.41 Å². The van der Waals surface area contributed by atoms with Gasteiger partial charge in [0.1, 0.15) is 0 Å². The molecule has 186 valence electrons. The first-order chi connectivity index (χ1) is 16.0. The van der Waals surface area contributed by atoms with Crippen LogP contribution in [0.5, 0.6) is 0 Å². The van der Waals surface area contributed by atoms with Crippen molar-refractivity contribution in [1.82, 2.24) is 0 Å². The Balaban J connectivity index is 2.40. The number of benzene rings is 1. The fraction of sp³-hybridized carbons (Fsp3) is 0.520. The number of esters is 3. The average Bonchev–Trinajstić information content (AvgIpc) is 3.02. The average molecular weight is 477 g/mol. The zero-order valence-electron chi connectivity index (χ0n) is 20.2. The maximum absolute atomic E-state index is 13.0. The van der Waals surface area contributed by atoms with E-state index >= 15 is 0 Å². The van der Waals surface area contributed by atoms with Crippen molar-refractivity contribution in [2.24, 2.45) is 5.41 Å². The van der Waals surface area contributed by atoms with Gasteiger partial charge in [-0.25, -0.2) is 4.79 Å². The van der Waals surface area contributed by atoms with Crippen LogP contribution in [-0.4, -0.2) is 61.0 Å². The lowest BCUT2D eigenvalue weighted by atomic mass is 9.80. The first kappa shape index (κ1) is 27.2. The van der Waals surface area contributed by atoms with Gasteiger partial charge in [-0.2, -0.15) is 0 Å². The first-order valence-corrected chi connectivity index (χ1v) is 11.0. The highest BCUT2D eigenvalue weighted by Gasteiger charge is 2.57. The molecule has 1 fully saturated rings. The van der Waals surface area contributed by atoms with Crippen LogP contribution in [0.4, 0.5) is 0 Å². The van der Waals surface area contributed by atoms with Crippen LogP contribution >= 0.6 is 0 Å². The van der Waals surface area contributed by atoms with Gasteiger partial charge in [0, 0.05) is 20.3 Å². The van der Waals surface area contributed by atoms with E-state index < -0.39 is 53.2 Å². The molecule has 1 aromatic carbocycles. The van der Waals surface area contributed by atoms with Crippen molar-refractivity contribution in [3.63, 3.8) is 0 Å². The number of hydrogen-bond acceptors (Lipinski definition) is 9. The van der Waals surface area contributed by atoms with Crippen LogP contribution in [0.15, 0.2) is 43.0 Å². The van der Waals surface area contributed by atoms with Gasteiger partial charge >= 0.3 is 17.9 Å². The van der Waals surface area contributed by atoms with E-state index in [4.69, 9.17) is 23.7 Å². The Hall–Kier alpha value is -3.04. The molecule has 0 aliphatic carbocycles. The highest BCUT2D eigenvalue weighted by molar-refractivity contribution is 6.06. The van der Waals surface area contributed by atoms with Crippen molar-refractivity contribution < 1.29 is 42.9 Å². The molecular formula is C25H32O9. The van der Waals surface area contributed by atoms with E-state index in [9.17, 15) is 19.2 Å². The number of carbonyl (C=O) groups is 4. The van der Waals surface area contributed by atoms with Gasteiger partial charge in [-0.3, -0.25) is 14.4 Å². The van der Waals surface area contributed by atoms with Crippen LogP contribution in [0.2, 0.25) is 0 Å². The van der Waals surface area contributed by atoms with E-state index in [1.807, 2.05) is 6.07 Å². The van der Waals surface area contributed by atoms with Crippen molar-refractivity contribution in [2.75, 3.05) is 13.2 Å². The Morgan fingerprint density at radius 1 is 1.09 bits per heavy atom. The number of ether oxygens (including phenoxy) is 5. The van der Waals surface area contributed by atoms with Crippen molar-refractivity contribution in [3.05, 3.63) is 48.6 Å². The number of hydrogen-bond donors (Lipinski definition) is 0. The van der Waals surface area contributed by atoms with Crippen molar-refractivity contribution in [1.29, 1.82) is 0 Å². The summed E-state index contributed by atoms with van der Waals surface area (Å²) in [5.74, 6) is -2.60. The molecule has 1 aliphatic heterocycles. The summed E-state index contributed by atoms with van der Waals surface area (Å²) >= 11 is 0. The number of rotatable bonds is 11. The smallest absolute Gasteiger partial charge is 0.346 e. The summed E-state index contributed by atoms with van der Waals surface area (Å²) in [7, 11) is 0. The van der Waals surface area contributed by atoms with E-state index in [2.05, 4.69) is 6.58 Å². The maximum Gasteiger partial charge on any atom is 0.346 e. The summed E-state index contributed by atoms with van der Waals surface area (Å²) in [6, 6.07) is 8.93. The van der Waals surface area contributed by atoms with Crippen molar-refractivity contribution in [3.8, 4) is 0 Å². The van der Waals surface area contributed by atoms with E-state index in [0.717, 1.165) is 0 Å². The van der Waals surface area contributed by atoms with E-state index in [0.29, 0.717) is 5.56 Å². The summed E-state index contributed by atoms with van der Waals surface area (Å²) in [6.07, 6.45) is -1.65. The third kappa shape index (κ3) is 5.90. The Morgan fingerprint density at radius 2 is 1.71 bits per heavy atom. The van der Waals surface area contributed by atoms with Gasteiger partial charge in [-0.05, 0) is 26.3 Å². The molecule has 0 bridgehead atoms. The van der Waals surface area contributed by atoms with Gasteiger partial charge in [-0.1, -0.05) is 36.4 Å². The molecule has 5 atom stereocenters. The molecule has 0 saturated carbocycles. The molecule has 1 aromatic rings. The fourth-order valence-corrected chi connectivity index (χ4v) is 3.84. The summed E-state index contributed by atoms with van der Waals surface area (Å²) in [5, 5.41) is 0. The maximum atomic E-state index is 13.0. The third-order valence-corrected chi connectivity index (χ3v) is 5.82. The van der Waals surface area contributed by atoms with Crippen LogP contribution in [-0.2, 0) is 49.3 Å². The molecule has 1 saturated heterocycles. The molecule has 9 heteroatoms. The molecular weight excluding hydrogens is 444 g/mol. The standard InChI is InChI=1S/C25H32O9/c1-7-24(6)20(34-22(33-18(5)28)21(24)32-17(4)27)15-31-25(16(3)26,23(29)30-8-2)14-19-12-10-9-11-13-19/h7,9-13,20-22H,1,8,14-15H2,2-6H3/t20-,21+,22?,24+,25?/m1/s1. The highest BCUT2D eigenvalue weighted by Crippen LogP contribution is 2.43. The summed E-state index contributed by atoms with van der Waals surface area (Å²) < 4.78 is 27.7. The number of ketones is 1. The molecule has 9 nitrogen and oxygen atoms in total. The minimum absolute atomic E-state index is 0.0549. The minimum atomic E-state index is -1.93. The molecule has 0 spiro atoms. The quantitative estimate of drug-likeness (QED) is 0.206. The highest BCUT2D eigenvalue weighted by atomic mass is 16.7. The lowest BCUT2D eigenvalue weighted by Gasteiger charge is -2.34. The van der Waals surface area contributed by atoms with Gasteiger partial charge in [0.15, 0.2) is 11.9 Å². The van der Waals surface area contributed by atoms with E-state index in [-0.39, 0.29) is 19.6 Å². The molecule has 0 aromatic heterocycles. The Bertz CT molecular complexity index is 912. The topological polar surface area (TPSA) is 114 Å². The second-order valence-corrected chi connectivity index (χ2v) is 8.28. The zero-order chi connectivity index (χ0) is 25.5. The molecule has 0 N–H and O–H groups in total. The van der Waals surface area contributed by atoms with Gasteiger partial charge in [0.05, 0.1) is 24.7 Å². The van der Waals surface area contributed by atoms with Crippen LogP contribution < -0.4 is 0 Å². The van der Waals surface area contributed by atoms with Gasteiger partial charge in [-0.15, -0.1) is 6.58 Å². The van der Waals surface area contributed by atoms with Crippen LogP contribution in [0.3, 0.4) is 0 Å². The third-order valence-electron chi connectivity index (χ3n) is 5.82. The Labute approximate surface area is 199 Å². The lowest BCUT2D eigenvalue weighted by Crippen LogP contribution is -2.53. The zero-order valence-corrected chi connectivity index (χ0v) is 20.2. The SMILES string of the molecule is C=C[C@@]1(C)[C@@H](COC(Cc2ccccc2)(C(C)=O)C(=O)OCC)OC(OC(C)=O)[C@@H]1OC(C)=O. The fourth-order valence-electron chi connectivity index (χ4n) is 3.84. The van der Waals surface area contributed by atoms with Gasteiger partial charge in [0.2, 0.25) is 11.9 Å². The van der Waals surface area contributed by atoms with Gasteiger partial charge < -0.3 is 23.7 Å². The van der Waals surface area contributed by atoms with Crippen LogP contribution in [0.25, 0.3) is 0 Å².